The summed E-state index contributed by atoms with van der Waals surface area (Å²) < 4.78 is 0. The fourth-order valence-electron chi connectivity index (χ4n) is 3.22. The minimum atomic E-state index is 0.232. The number of hydrogen-bond acceptors (Lipinski definition) is 3. The Morgan fingerprint density at radius 1 is 1.18 bits per heavy atom. The zero-order valence-corrected chi connectivity index (χ0v) is 13.7. The number of nitrogens with zero attached hydrogens (tertiary/aromatic N) is 1. The molecule has 0 amide bonds. The lowest BCUT2D eigenvalue weighted by Gasteiger charge is -2.31. The highest BCUT2D eigenvalue weighted by molar-refractivity contribution is 7.07. The molecule has 2 aromatic rings. The van der Waals surface area contributed by atoms with Crippen molar-refractivity contribution in [3.05, 3.63) is 58.3 Å². The van der Waals surface area contributed by atoms with Crippen LogP contribution in [0.3, 0.4) is 0 Å². The quantitative estimate of drug-likeness (QED) is 0.798. The lowest BCUT2D eigenvalue weighted by Crippen LogP contribution is -2.38. The number of aryl methyl sites for hydroxylation is 1. The van der Waals surface area contributed by atoms with Gasteiger partial charge >= 0.3 is 0 Å². The maximum atomic E-state index is 12.5. The number of rotatable bonds is 6. The van der Waals surface area contributed by atoms with Gasteiger partial charge in [-0.2, -0.15) is 11.3 Å². The van der Waals surface area contributed by atoms with Gasteiger partial charge in [-0.15, -0.1) is 0 Å². The molecule has 1 atom stereocenters. The molecule has 0 bridgehead atoms. The molecule has 1 unspecified atom stereocenters. The van der Waals surface area contributed by atoms with Crippen molar-refractivity contribution in [1.82, 2.24) is 4.90 Å². The van der Waals surface area contributed by atoms with E-state index >= 15 is 0 Å². The summed E-state index contributed by atoms with van der Waals surface area (Å²) in [6, 6.07) is 12.5. The molecule has 22 heavy (non-hydrogen) atoms. The number of benzene rings is 1. The molecule has 1 aliphatic heterocycles. The molecular formula is C19H23NOS. The topological polar surface area (TPSA) is 20.3 Å². The Morgan fingerprint density at radius 2 is 2.05 bits per heavy atom. The smallest absolute Gasteiger partial charge is 0.137 e. The van der Waals surface area contributed by atoms with E-state index in [4.69, 9.17) is 0 Å². The third-order valence-electron chi connectivity index (χ3n) is 4.45. The third-order valence-corrected chi connectivity index (χ3v) is 5.18. The summed E-state index contributed by atoms with van der Waals surface area (Å²) in [5.41, 5.74) is 2.64. The number of likely N-dealkylation sites (tertiary alicyclic amines) is 1. The maximum absolute atomic E-state index is 12.5. The van der Waals surface area contributed by atoms with Gasteiger partial charge in [0, 0.05) is 25.4 Å². The van der Waals surface area contributed by atoms with Gasteiger partial charge in [0.15, 0.2) is 0 Å². The van der Waals surface area contributed by atoms with Gasteiger partial charge in [0.05, 0.1) is 0 Å². The maximum Gasteiger partial charge on any atom is 0.137 e. The van der Waals surface area contributed by atoms with Crippen molar-refractivity contribution in [3.8, 4) is 0 Å². The Hall–Kier alpha value is -1.45. The molecular weight excluding hydrogens is 290 g/mol. The number of hydrogen-bond donors (Lipinski definition) is 0. The lowest BCUT2D eigenvalue weighted by atomic mass is 9.90. The number of Topliss-reactive ketones (excluding diaryl/α,β-unsaturated/α-hetero) is 1. The third kappa shape index (κ3) is 4.28. The Morgan fingerprint density at radius 3 is 2.82 bits per heavy atom. The predicted molar refractivity (Wildman–Crippen MR) is 92.1 cm³/mol. The first-order chi connectivity index (χ1) is 10.8. The normalized spacial score (nSPS) is 19.2. The van der Waals surface area contributed by atoms with Crippen LogP contribution < -0.4 is 0 Å². The molecule has 0 saturated carbocycles. The monoisotopic (exact) mass is 313 g/mol. The second-order valence-corrected chi connectivity index (χ2v) is 6.94. The number of piperidine rings is 1. The summed E-state index contributed by atoms with van der Waals surface area (Å²) in [4.78, 5) is 14.9. The first-order valence-electron chi connectivity index (χ1n) is 8.11. The highest BCUT2D eigenvalue weighted by Gasteiger charge is 2.25. The zero-order chi connectivity index (χ0) is 15.2. The van der Waals surface area contributed by atoms with Crippen molar-refractivity contribution in [3.63, 3.8) is 0 Å². The van der Waals surface area contributed by atoms with Gasteiger partial charge in [0.25, 0.3) is 0 Å². The van der Waals surface area contributed by atoms with Gasteiger partial charge in [-0.25, -0.2) is 0 Å². The van der Waals surface area contributed by atoms with E-state index in [9.17, 15) is 4.79 Å². The van der Waals surface area contributed by atoms with Gasteiger partial charge < -0.3 is 0 Å². The molecule has 1 saturated heterocycles. The van der Waals surface area contributed by atoms with Crippen LogP contribution in [-0.4, -0.2) is 23.8 Å². The van der Waals surface area contributed by atoms with Crippen molar-refractivity contribution in [2.75, 3.05) is 13.1 Å². The number of thiophene rings is 1. The van der Waals surface area contributed by atoms with Crippen LogP contribution in [0.2, 0.25) is 0 Å². The molecule has 0 spiro atoms. The van der Waals surface area contributed by atoms with Crippen LogP contribution in [0.25, 0.3) is 0 Å². The first kappa shape index (κ1) is 15.4. The van der Waals surface area contributed by atoms with E-state index in [1.807, 2.05) is 18.2 Å². The molecule has 0 N–H and O–H groups in total. The Kier molecular flexibility index (Phi) is 5.41. The number of ketones is 1. The molecule has 0 radical (unpaired) electrons. The number of carbonyl (C=O) groups is 1. The fraction of sp³-hybridized carbons (Fsp3) is 0.421. The van der Waals surface area contributed by atoms with E-state index in [2.05, 4.69) is 33.9 Å². The Labute approximate surface area is 136 Å². The van der Waals surface area contributed by atoms with Gasteiger partial charge in [-0.3, -0.25) is 9.69 Å². The summed E-state index contributed by atoms with van der Waals surface area (Å²) in [6.07, 6.45) is 3.77. The highest BCUT2D eigenvalue weighted by Crippen LogP contribution is 2.21. The Balaban J connectivity index is 1.49. The van der Waals surface area contributed by atoms with Crippen molar-refractivity contribution < 1.29 is 4.79 Å². The molecule has 3 rings (SSSR count). The standard InChI is InChI=1S/C19H23NOS/c21-19(9-8-16-5-2-1-3-6-16)18-7-4-11-20(14-18)13-17-10-12-22-15-17/h1-3,5-6,10,12,15,18H,4,7-9,11,13-14H2. The van der Waals surface area contributed by atoms with Crippen molar-refractivity contribution in [1.29, 1.82) is 0 Å². The van der Waals surface area contributed by atoms with Crippen molar-refractivity contribution in [2.24, 2.45) is 5.92 Å². The summed E-state index contributed by atoms with van der Waals surface area (Å²) in [5.74, 6) is 0.676. The van der Waals surface area contributed by atoms with Crippen LogP contribution in [0.4, 0.5) is 0 Å². The van der Waals surface area contributed by atoms with E-state index in [0.717, 1.165) is 38.9 Å². The summed E-state index contributed by atoms with van der Waals surface area (Å²) in [6.45, 7) is 3.05. The fourth-order valence-corrected chi connectivity index (χ4v) is 3.88. The molecule has 1 aromatic carbocycles. The second-order valence-electron chi connectivity index (χ2n) is 6.16. The summed E-state index contributed by atoms with van der Waals surface area (Å²) in [5, 5.41) is 4.34. The average molecular weight is 313 g/mol. The van der Waals surface area contributed by atoms with Gasteiger partial charge in [0.2, 0.25) is 0 Å². The molecule has 0 aliphatic carbocycles. The Bertz CT molecular complexity index is 579. The van der Waals surface area contributed by atoms with Crippen LogP contribution in [0, 0.1) is 5.92 Å². The molecule has 2 nitrogen and oxygen atoms in total. The molecule has 1 fully saturated rings. The molecule has 3 heteroatoms. The van der Waals surface area contributed by atoms with Crippen LogP contribution in [0.5, 0.6) is 0 Å². The van der Waals surface area contributed by atoms with Crippen LogP contribution in [0.15, 0.2) is 47.2 Å². The van der Waals surface area contributed by atoms with Crippen LogP contribution in [0.1, 0.15) is 30.4 Å². The molecule has 1 aliphatic rings. The predicted octanol–water partition coefficient (Wildman–Crippen LogP) is 4.16. The zero-order valence-electron chi connectivity index (χ0n) is 12.9. The lowest BCUT2D eigenvalue weighted by molar-refractivity contribution is -0.124. The second kappa shape index (κ2) is 7.70. The van der Waals surface area contributed by atoms with Gasteiger partial charge in [-0.1, -0.05) is 30.3 Å². The first-order valence-corrected chi connectivity index (χ1v) is 9.05. The van der Waals surface area contributed by atoms with E-state index in [-0.39, 0.29) is 5.92 Å². The SMILES string of the molecule is O=C(CCc1ccccc1)C1CCCN(Cc2ccsc2)C1. The van der Waals surface area contributed by atoms with E-state index in [0.29, 0.717) is 12.2 Å². The molecule has 2 heterocycles. The minimum Gasteiger partial charge on any atom is -0.299 e. The van der Waals surface area contributed by atoms with Crippen LogP contribution >= 0.6 is 11.3 Å². The van der Waals surface area contributed by atoms with E-state index < -0.39 is 0 Å². The minimum absolute atomic E-state index is 0.232. The summed E-state index contributed by atoms with van der Waals surface area (Å²) >= 11 is 1.75. The largest absolute Gasteiger partial charge is 0.299 e. The van der Waals surface area contributed by atoms with Gasteiger partial charge in [-0.05, 0) is 53.8 Å². The highest BCUT2D eigenvalue weighted by atomic mass is 32.1. The van der Waals surface area contributed by atoms with Crippen molar-refractivity contribution >= 4 is 17.1 Å². The number of carbonyl (C=O) groups excluding carboxylic acids is 1. The van der Waals surface area contributed by atoms with E-state index in [1.54, 1.807) is 11.3 Å². The molecule has 1 aromatic heterocycles. The average Bonchev–Trinajstić information content (AvgIpc) is 3.07. The van der Waals surface area contributed by atoms with Gasteiger partial charge in [0.1, 0.15) is 5.78 Å². The summed E-state index contributed by atoms with van der Waals surface area (Å²) in [7, 11) is 0. The van der Waals surface area contributed by atoms with Crippen LogP contribution in [-0.2, 0) is 17.8 Å². The molecule has 116 valence electrons. The van der Waals surface area contributed by atoms with E-state index in [1.165, 1.54) is 11.1 Å². The van der Waals surface area contributed by atoms with Crippen molar-refractivity contribution in [2.45, 2.75) is 32.2 Å².